The molecule has 0 unspecified atom stereocenters. The Morgan fingerprint density at radius 2 is 1.92 bits per heavy atom. The van der Waals surface area contributed by atoms with Crippen LogP contribution >= 0.6 is 0 Å². The molecule has 0 radical (unpaired) electrons. The van der Waals surface area contributed by atoms with Crippen LogP contribution in [0.1, 0.15) is 43.5 Å². The van der Waals surface area contributed by atoms with Crippen molar-refractivity contribution in [3.05, 3.63) is 46.2 Å². The Balaban J connectivity index is 1.77. The number of nitrogens with one attached hydrogen (secondary N) is 2. The monoisotopic (exact) mass is 327 g/mol. The highest BCUT2D eigenvalue weighted by atomic mass is 16.2. The Bertz CT molecular complexity index is 789. The number of benzene rings is 1. The molecule has 2 N–H and O–H groups in total. The van der Waals surface area contributed by atoms with Gasteiger partial charge in [-0.1, -0.05) is 24.6 Å². The largest absolute Gasteiger partial charge is 0.350 e. The Morgan fingerprint density at radius 3 is 2.67 bits per heavy atom. The summed E-state index contributed by atoms with van der Waals surface area (Å²) in [5.41, 5.74) is 0.774. The maximum absolute atomic E-state index is 12.7. The summed E-state index contributed by atoms with van der Waals surface area (Å²) in [4.78, 5) is 29.7. The van der Waals surface area contributed by atoms with Gasteiger partial charge in [0.2, 0.25) is 5.56 Å². The fraction of sp³-hybridized carbons (Fsp3) is 0.474. The molecule has 5 nitrogen and oxygen atoms in total. The minimum absolute atomic E-state index is 0.0902. The number of piperidine rings is 1. The van der Waals surface area contributed by atoms with Crippen molar-refractivity contribution in [2.24, 2.45) is 0 Å². The van der Waals surface area contributed by atoms with E-state index in [2.05, 4.69) is 29.0 Å². The van der Waals surface area contributed by atoms with Gasteiger partial charge in [0.15, 0.2) is 0 Å². The fourth-order valence-corrected chi connectivity index (χ4v) is 3.40. The number of H-pyrrole nitrogens is 1. The number of carbonyl (C=O) groups excluding carboxylic acids is 1. The molecule has 1 aliphatic rings. The molecule has 1 fully saturated rings. The van der Waals surface area contributed by atoms with Crippen molar-refractivity contribution < 1.29 is 4.79 Å². The van der Waals surface area contributed by atoms with Gasteiger partial charge in [0.05, 0.1) is 5.56 Å². The quantitative estimate of drug-likeness (QED) is 0.907. The van der Waals surface area contributed by atoms with Gasteiger partial charge in [0.1, 0.15) is 0 Å². The summed E-state index contributed by atoms with van der Waals surface area (Å²) in [5.74, 6) is -0.192. The topological polar surface area (TPSA) is 65.2 Å². The van der Waals surface area contributed by atoms with Crippen LogP contribution in [0.3, 0.4) is 0 Å². The first-order valence-corrected chi connectivity index (χ1v) is 8.63. The van der Waals surface area contributed by atoms with Gasteiger partial charge >= 0.3 is 0 Å². The first kappa shape index (κ1) is 16.7. The molecule has 1 aliphatic heterocycles. The summed E-state index contributed by atoms with van der Waals surface area (Å²) in [6, 6.07) is 8.77. The lowest BCUT2D eigenvalue weighted by atomic mass is 9.98. The summed E-state index contributed by atoms with van der Waals surface area (Å²) in [5, 5.41) is 3.79. The predicted octanol–water partition coefficient (Wildman–Crippen LogP) is 2.52. The average molecular weight is 327 g/mol. The van der Waals surface area contributed by atoms with Crippen molar-refractivity contribution in [3.8, 4) is 0 Å². The second kappa shape index (κ2) is 6.77. The van der Waals surface area contributed by atoms with Crippen LogP contribution in [0.2, 0.25) is 0 Å². The smallest absolute Gasteiger partial charge is 0.252 e. The molecule has 1 saturated heterocycles. The van der Waals surface area contributed by atoms with E-state index in [0.29, 0.717) is 17.6 Å². The third-order valence-corrected chi connectivity index (χ3v) is 4.89. The van der Waals surface area contributed by atoms with Crippen LogP contribution < -0.4 is 10.9 Å². The van der Waals surface area contributed by atoms with Gasteiger partial charge in [-0.15, -0.1) is 0 Å². The number of amides is 1. The average Bonchev–Trinajstić information content (AvgIpc) is 2.59. The Kier molecular flexibility index (Phi) is 4.71. The lowest BCUT2D eigenvalue weighted by Gasteiger charge is -2.41. The standard InChI is InChI=1S/C19H25N3O2/c1-19(2,22-10-6-3-7-11-22)13-20-18(24)15-12-17(23)21-16-9-5-4-8-14(15)16/h4-5,8-9,12H,3,6-7,10-11,13H2,1-2H3,(H,20,24)(H,21,23). The molecule has 128 valence electrons. The van der Waals surface area contributed by atoms with Crippen molar-refractivity contribution in [2.75, 3.05) is 19.6 Å². The number of likely N-dealkylation sites (tertiary alicyclic amines) is 1. The summed E-state index contributed by atoms with van der Waals surface area (Å²) >= 11 is 0. The number of pyridine rings is 1. The molecule has 0 bridgehead atoms. The number of carbonyl (C=O) groups is 1. The van der Waals surface area contributed by atoms with Crippen molar-refractivity contribution in [3.63, 3.8) is 0 Å². The molecular formula is C19H25N3O2. The molecule has 2 heterocycles. The summed E-state index contributed by atoms with van der Waals surface area (Å²) in [6.07, 6.45) is 3.73. The van der Waals surface area contributed by atoms with Crippen LogP contribution in [0.5, 0.6) is 0 Å². The highest BCUT2D eigenvalue weighted by Crippen LogP contribution is 2.20. The number of nitrogens with zero attached hydrogens (tertiary/aromatic N) is 1. The van der Waals surface area contributed by atoms with Gasteiger partial charge in [-0.3, -0.25) is 14.5 Å². The Morgan fingerprint density at radius 1 is 1.21 bits per heavy atom. The maximum Gasteiger partial charge on any atom is 0.252 e. The van der Waals surface area contributed by atoms with E-state index in [1.807, 2.05) is 24.3 Å². The molecule has 1 aromatic carbocycles. The van der Waals surface area contributed by atoms with Crippen molar-refractivity contribution in [1.29, 1.82) is 0 Å². The molecule has 5 heteroatoms. The van der Waals surface area contributed by atoms with Gasteiger partial charge in [0.25, 0.3) is 5.91 Å². The highest BCUT2D eigenvalue weighted by molar-refractivity contribution is 6.05. The third-order valence-electron chi connectivity index (χ3n) is 4.89. The maximum atomic E-state index is 12.7. The zero-order valence-corrected chi connectivity index (χ0v) is 14.4. The van der Waals surface area contributed by atoms with Crippen molar-refractivity contribution in [2.45, 2.75) is 38.6 Å². The fourth-order valence-electron chi connectivity index (χ4n) is 3.40. The van der Waals surface area contributed by atoms with Crippen molar-refractivity contribution in [1.82, 2.24) is 15.2 Å². The highest BCUT2D eigenvalue weighted by Gasteiger charge is 2.28. The van der Waals surface area contributed by atoms with E-state index in [-0.39, 0.29) is 17.0 Å². The number of hydrogen-bond donors (Lipinski definition) is 2. The van der Waals surface area contributed by atoms with E-state index in [1.165, 1.54) is 25.3 Å². The van der Waals surface area contributed by atoms with E-state index in [0.717, 1.165) is 18.5 Å². The van der Waals surface area contributed by atoms with Crippen LogP contribution in [0.4, 0.5) is 0 Å². The predicted molar refractivity (Wildman–Crippen MR) is 96.4 cm³/mol. The minimum atomic E-state index is -0.255. The zero-order chi connectivity index (χ0) is 17.2. The third kappa shape index (κ3) is 3.51. The van der Waals surface area contributed by atoms with E-state index >= 15 is 0 Å². The Labute approximate surface area is 142 Å². The van der Waals surface area contributed by atoms with E-state index in [9.17, 15) is 9.59 Å². The van der Waals surface area contributed by atoms with Crippen LogP contribution in [0.15, 0.2) is 35.1 Å². The molecule has 3 rings (SSSR count). The number of aromatic nitrogens is 1. The first-order valence-electron chi connectivity index (χ1n) is 8.63. The number of fused-ring (bicyclic) bond motifs is 1. The lowest BCUT2D eigenvalue weighted by molar-refractivity contribution is 0.0798. The summed E-state index contributed by atoms with van der Waals surface area (Å²) in [7, 11) is 0. The van der Waals surface area contributed by atoms with Crippen LogP contribution in [0, 0.1) is 0 Å². The second-order valence-electron chi connectivity index (χ2n) is 7.14. The molecule has 24 heavy (non-hydrogen) atoms. The molecular weight excluding hydrogens is 302 g/mol. The molecule has 1 aromatic heterocycles. The second-order valence-corrected chi connectivity index (χ2v) is 7.14. The minimum Gasteiger partial charge on any atom is -0.350 e. The van der Waals surface area contributed by atoms with Gasteiger partial charge < -0.3 is 10.3 Å². The van der Waals surface area contributed by atoms with Crippen LogP contribution in [-0.4, -0.2) is 41.0 Å². The van der Waals surface area contributed by atoms with Crippen LogP contribution in [-0.2, 0) is 0 Å². The number of aromatic amines is 1. The SMILES string of the molecule is CC(C)(CNC(=O)c1cc(=O)[nH]c2ccccc12)N1CCCCC1. The van der Waals surface area contributed by atoms with E-state index < -0.39 is 0 Å². The molecule has 0 aliphatic carbocycles. The van der Waals surface area contributed by atoms with Crippen molar-refractivity contribution >= 4 is 16.8 Å². The summed E-state index contributed by atoms with van der Waals surface area (Å²) in [6.45, 7) is 7.05. The number of hydrogen-bond acceptors (Lipinski definition) is 3. The van der Waals surface area contributed by atoms with Crippen LogP contribution in [0.25, 0.3) is 10.9 Å². The van der Waals surface area contributed by atoms with Gasteiger partial charge in [0, 0.05) is 29.1 Å². The molecule has 2 aromatic rings. The van der Waals surface area contributed by atoms with Gasteiger partial charge in [-0.25, -0.2) is 0 Å². The molecule has 0 atom stereocenters. The van der Waals surface area contributed by atoms with Gasteiger partial charge in [-0.2, -0.15) is 0 Å². The zero-order valence-electron chi connectivity index (χ0n) is 14.4. The van der Waals surface area contributed by atoms with E-state index in [1.54, 1.807) is 0 Å². The first-order chi connectivity index (χ1) is 11.5. The van der Waals surface area contributed by atoms with Gasteiger partial charge in [-0.05, 0) is 45.8 Å². The number of para-hydroxylation sites is 1. The molecule has 1 amide bonds. The lowest BCUT2D eigenvalue weighted by Crippen LogP contribution is -2.53. The molecule has 0 spiro atoms. The van der Waals surface area contributed by atoms with E-state index in [4.69, 9.17) is 0 Å². The molecule has 0 saturated carbocycles. The normalized spacial score (nSPS) is 16.2. The number of rotatable bonds is 4. The Hall–Kier alpha value is -2.14. The summed E-state index contributed by atoms with van der Waals surface area (Å²) < 4.78 is 0.